The molecule has 2 heterocycles. The molecule has 84 heavy (non-hydrogen) atoms. The van der Waals surface area contributed by atoms with Crippen molar-refractivity contribution in [2.45, 2.75) is 40.5 Å². The fraction of sp³-hybridized carbons (Fsp3) is 0.0750. The average Bonchev–Trinajstić information content (AvgIpc) is 2.56. The first kappa shape index (κ1) is 50.5. The monoisotopic (exact) mass is 1080 g/mol. The van der Waals surface area contributed by atoms with Gasteiger partial charge in [-0.25, -0.2) is 0 Å². The topological polar surface area (TPSA) is 32.8 Å². The molecule has 0 amide bonds. The van der Waals surface area contributed by atoms with Crippen molar-refractivity contribution >= 4 is 99.5 Å². The summed E-state index contributed by atoms with van der Waals surface area (Å²) in [6.07, 6.45) is 1.90. The number of fused-ring (bicyclic) bond motifs is 8. The van der Waals surface area contributed by atoms with E-state index in [0.29, 0.717) is 0 Å². The summed E-state index contributed by atoms with van der Waals surface area (Å²) in [7, 11) is 0. The maximum atomic E-state index is 6.92. The number of anilines is 6. The first-order chi connectivity index (χ1) is 41.4. The van der Waals surface area contributed by atoms with E-state index in [1.807, 2.05) is 0 Å². The van der Waals surface area contributed by atoms with Crippen molar-refractivity contribution in [2.24, 2.45) is 0 Å². The minimum absolute atomic E-state index is 0.844. The summed E-state index contributed by atoms with van der Waals surface area (Å²) < 4.78 is 13.8. The predicted octanol–water partition coefficient (Wildman–Crippen LogP) is 23.1. The van der Waals surface area contributed by atoms with Gasteiger partial charge in [0, 0.05) is 44.3 Å². The molecule has 13 aromatic carbocycles. The van der Waals surface area contributed by atoms with Crippen LogP contribution in [0.5, 0.6) is 0 Å². The van der Waals surface area contributed by atoms with Gasteiger partial charge in [-0.2, -0.15) is 0 Å². The summed E-state index contributed by atoms with van der Waals surface area (Å²) in [4.78, 5) is 4.83. The summed E-state index contributed by atoms with van der Waals surface area (Å²) in [5, 5.41) is 8.89. The van der Waals surface area contributed by atoms with Crippen LogP contribution in [-0.4, -0.2) is 0 Å². The molecule has 0 spiro atoms. The zero-order chi connectivity index (χ0) is 56.4. The van der Waals surface area contributed by atoms with E-state index >= 15 is 0 Å². The van der Waals surface area contributed by atoms with Crippen LogP contribution < -0.4 is 9.80 Å². The Hall–Kier alpha value is -10.4. The fourth-order valence-corrected chi connectivity index (χ4v) is 13.3. The third kappa shape index (κ3) is 8.44. The maximum absolute atomic E-state index is 6.92. The standard InChI is InChI=1S/C80H60N2O2/c1-5-53-39-41-57(47-51(53)3)81(73-35-21-33-69-63-29-17-19-37-75(63)83-79(69)73)59-43-45-67-71(49-59)77(65-31-15-13-27-61(65)55-23-9-7-10-24-55)68-46-44-60(50-72(68)78(67)66-32-16-14-28-62(66)56-25-11-8-12-26-56)82(58-42-40-54(6-2)52(4)48-58)74-36-22-34-70-64-30-18-20-38-76(64)84-80(70)74/h7-50H,5-6H2,1-4H3. The normalized spacial score (nSPS) is 11.7. The summed E-state index contributed by atoms with van der Waals surface area (Å²) in [5.74, 6) is 0. The van der Waals surface area contributed by atoms with Crippen molar-refractivity contribution in [1.82, 2.24) is 0 Å². The van der Waals surface area contributed by atoms with Gasteiger partial charge in [-0.05, 0) is 188 Å². The van der Waals surface area contributed by atoms with Crippen LogP contribution in [0.1, 0.15) is 36.1 Å². The van der Waals surface area contributed by atoms with Crippen molar-refractivity contribution in [3.8, 4) is 44.5 Å². The molecule has 0 saturated carbocycles. The smallest absolute Gasteiger partial charge is 0.159 e. The molecular formula is C80H60N2O2. The number of hydrogen-bond acceptors (Lipinski definition) is 4. The van der Waals surface area contributed by atoms with Gasteiger partial charge in [0.1, 0.15) is 11.2 Å². The van der Waals surface area contributed by atoms with Crippen LogP contribution in [0.15, 0.2) is 276 Å². The van der Waals surface area contributed by atoms with Gasteiger partial charge in [-0.1, -0.05) is 208 Å². The minimum Gasteiger partial charge on any atom is -0.454 e. The molecule has 0 aliphatic heterocycles. The van der Waals surface area contributed by atoms with Crippen molar-refractivity contribution in [1.29, 1.82) is 0 Å². The Balaban J connectivity index is 1.09. The second-order valence-electron chi connectivity index (χ2n) is 22.1. The number of aryl methyl sites for hydroxylation is 4. The second-order valence-corrected chi connectivity index (χ2v) is 22.1. The van der Waals surface area contributed by atoms with E-state index < -0.39 is 0 Å². The molecule has 0 atom stereocenters. The van der Waals surface area contributed by atoms with E-state index in [-0.39, 0.29) is 0 Å². The molecule has 0 aliphatic rings. The lowest BCUT2D eigenvalue weighted by Gasteiger charge is -2.29. The molecule has 0 radical (unpaired) electrons. The molecule has 0 fully saturated rings. The van der Waals surface area contributed by atoms with Crippen LogP contribution in [0, 0.1) is 13.8 Å². The van der Waals surface area contributed by atoms with Crippen LogP contribution >= 0.6 is 0 Å². The molecule has 15 aromatic rings. The third-order valence-electron chi connectivity index (χ3n) is 17.3. The van der Waals surface area contributed by atoms with Gasteiger partial charge in [0.2, 0.25) is 0 Å². The van der Waals surface area contributed by atoms with Gasteiger partial charge in [-0.15, -0.1) is 0 Å². The molecule has 0 bridgehead atoms. The van der Waals surface area contributed by atoms with Crippen LogP contribution in [0.25, 0.3) is 110 Å². The van der Waals surface area contributed by atoms with E-state index in [1.165, 1.54) is 22.3 Å². The Morgan fingerprint density at radius 3 is 1.06 bits per heavy atom. The molecule has 4 heteroatoms. The molecular weight excluding hydrogens is 1020 g/mol. The second kappa shape index (κ2) is 20.8. The van der Waals surface area contributed by atoms with Gasteiger partial charge in [-0.3, -0.25) is 0 Å². The number of nitrogens with zero attached hydrogens (tertiary/aromatic N) is 2. The summed E-state index contributed by atoms with van der Waals surface area (Å²) in [6, 6.07) is 97.7. The molecule has 2 aromatic heterocycles. The number of hydrogen-bond donors (Lipinski definition) is 0. The van der Waals surface area contributed by atoms with Gasteiger partial charge in [0.05, 0.1) is 11.4 Å². The largest absolute Gasteiger partial charge is 0.454 e. The molecule has 0 saturated heterocycles. The summed E-state index contributed by atoms with van der Waals surface area (Å²) in [5.41, 5.74) is 23.9. The first-order valence-corrected chi connectivity index (χ1v) is 29.4. The average molecular weight is 1080 g/mol. The summed E-state index contributed by atoms with van der Waals surface area (Å²) in [6.45, 7) is 8.93. The molecule has 0 aliphatic carbocycles. The van der Waals surface area contributed by atoms with E-state index in [4.69, 9.17) is 8.83 Å². The van der Waals surface area contributed by atoms with Crippen LogP contribution in [0.3, 0.4) is 0 Å². The molecule has 15 rings (SSSR count). The van der Waals surface area contributed by atoms with Crippen LogP contribution in [0.2, 0.25) is 0 Å². The Morgan fingerprint density at radius 1 is 0.286 bits per heavy atom. The van der Waals surface area contributed by atoms with E-state index in [2.05, 4.69) is 304 Å². The van der Waals surface area contributed by atoms with Crippen molar-refractivity contribution < 1.29 is 8.83 Å². The molecule has 402 valence electrons. The van der Waals surface area contributed by atoms with Crippen molar-refractivity contribution in [3.63, 3.8) is 0 Å². The lowest BCUT2D eigenvalue weighted by molar-refractivity contribution is 0.668. The third-order valence-corrected chi connectivity index (χ3v) is 17.3. The first-order valence-electron chi connectivity index (χ1n) is 29.4. The zero-order valence-electron chi connectivity index (χ0n) is 47.5. The number of rotatable bonds is 12. The Labute approximate surface area is 489 Å². The quantitative estimate of drug-likeness (QED) is 0.114. The Kier molecular flexibility index (Phi) is 12.5. The predicted molar refractivity (Wildman–Crippen MR) is 355 cm³/mol. The highest BCUT2D eigenvalue weighted by Gasteiger charge is 2.27. The Morgan fingerprint density at radius 2 is 0.643 bits per heavy atom. The van der Waals surface area contributed by atoms with E-state index in [9.17, 15) is 0 Å². The van der Waals surface area contributed by atoms with Crippen molar-refractivity contribution in [2.75, 3.05) is 9.80 Å². The highest BCUT2D eigenvalue weighted by molar-refractivity contribution is 6.25. The van der Waals surface area contributed by atoms with Gasteiger partial charge >= 0.3 is 0 Å². The van der Waals surface area contributed by atoms with Gasteiger partial charge in [0.25, 0.3) is 0 Å². The highest BCUT2D eigenvalue weighted by Crippen LogP contribution is 2.53. The number of furan rings is 2. The Bertz CT molecular complexity index is 4710. The fourth-order valence-electron chi connectivity index (χ4n) is 13.3. The highest BCUT2D eigenvalue weighted by atomic mass is 16.3. The lowest BCUT2D eigenvalue weighted by atomic mass is 9.82. The van der Waals surface area contributed by atoms with E-state index in [0.717, 1.165) is 157 Å². The van der Waals surface area contributed by atoms with Crippen molar-refractivity contribution in [3.05, 3.63) is 289 Å². The summed E-state index contributed by atoms with van der Waals surface area (Å²) >= 11 is 0. The SMILES string of the molecule is CCc1ccc(N(c2ccc3c(-c4ccccc4-c4ccccc4)c4cc(N(c5ccc(CC)c(C)c5)c5cccc6c5oc5ccccc56)ccc4c(-c4ccccc4-c4ccccc4)c3c2)c2cccc3c2oc2ccccc23)cc1C. The zero-order valence-corrected chi connectivity index (χ0v) is 47.5. The van der Waals surface area contributed by atoms with Gasteiger partial charge < -0.3 is 18.6 Å². The maximum Gasteiger partial charge on any atom is 0.159 e. The van der Waals surface area contributed by atoms with E-state index in [1.54, 1.807) is 0 Å². The molecule has 0 unspecified atom stereocenters. The molecule has 4 nitrogen and oxygen atoms in total. The van der Waals surface area contributed by atoms with Crippen LogP contribution in [0.4, 0.5) is 34.1 Å². The van der Waals surface area contributed by atoms with Crippen LogP contribution in [-0.2, 0) is 12.8 Å². The number of para-hydroxylation sites is 4. The lowest BCUT2D eigenvalue weighted by Crippen LogP contribution is -2.11. The number of benzene rings is 13. The van der Waals surface area contributed by atoms with Gasteiger partial charge in [0.15, 0.2) is 11.2 Å². The minimum atomic E-state index is 0.844. The molecule has 0 N–H and O–H groups in total.